The summed E-state index contributed by atoms with van der Waals surface area (Å²) in [5.41, 5.74) is 0.378. The van der Waals surface area contributed by atoms with Crippen LogP contribution in [-0.2, 0) is 0 Å². The number of aromatic nitrogens is 2. The van der Waals surface area contributed by atoms with E-state index in [2.05, 4.69) is 4.98 Å². The summed E-state index contributed by atoms with van der Waals surface area (Å²) >= 11 is 0. The number of carbonyl (C=O) groups is 1. The molecule has 0 saturated carbocycles. The average Bonchev–Trinajstić information content (AvgIpc) is 2.46. The molecule has 0 saturated heterocycles. The largest absolute Gasteiger partial charge is 0.508 e. The Hall–Kier alpha value is -2.04. The van der Waals surface area contributed by atoms with Gasteiger partial charge in [-0.1, -0.05) is 0 Å². The van der Waals surface area contributed by atoms with Crippen molar-refractivity contribution in [2.45, 2.75) is 0 Å². The zero-order valence-corrected chi connectivity index (χ0v) is 6.51. The summed E-state index contributed by atoms with van der Waals surface area (Å²) < 4.78 is 1.53. The zero-order valence-electron chi connectivity index (χ0n) is 6.51. The minimum absolute atomic E-state index is 0.0365. The first-order valence-electron chi connectivity index (χ1n) is 3.58. The molecule has 0 unspecified atom stereocenters. The second-order valence-electron chi connectivity index (χ2n) is 2.58. The fraction of sp³-hybridized carbons (Fsp3) is 0. The Balaban J connectivity index is 2.68. The SMILES string of the molecule is O=C(O)c1cn2ccc(O)cc2n1. The molecule has 2 aromatic heterocycles. The molecule has 0 amide bonds. The third-order valence-electron chi connectivity index (χ3n) is 1.66. The fourth-order valence-corrected chi connectivity index (χ4v) is 1.07. The van der Waals surface area contributed by atoms with Gasteiger partial charge in [0.2, 0.25) is 0 Å². The summed E-state index contributed by atoms with van der Waals surface area (Å²) in [5, 5.41) is 17.7. The third kappa shape index (κ3) is 1.20. The molecule has 0 aliphatic carbocycles. The van der Waals surface area contributed by atoms with Crippen LogP contribution in [0.2, 0.25) is 0 Å². The molecule has 0 atom stereocenters. The molecule has 0 radical (unpaired) electrons. The number of pyridine rings is 1. The van der Waals surface area contributed by atoms with E-state index in [0.29, 0.717) is 5.65 Å². The van der Waals surface area contributed by atoms with E-state index in [0.717, 1.165) is 0 Å². The molecular formula is C8H6N2O3. The zero-order chi connectivity index (χ0) is 9.42. The molecule has 0 fully saturated rings. The number of imidazole rings is 1. The van der Waals surface area contributed by atoms with Gasteiger partial charge in [-0.2, -0.15) is 0 Å². The monoisotopic (exact) mass is 178 g/mol. The van der Waals surface area contributed by atoms with Crippen LogP contribution in [0.1, 0.15) is 10.5 Å². The molecule has 2 N–H and O–H groups in total. The minimum Gasteiger partial charge on any atom is -0.508 e. The molecule has 66 valence electrons. The predicted molar refractivity (Wildman–Crippen MR) is 43.8 cm³/mol. The molecule has 5 nitrogen and oxygen atoms in total. The van der Waals surface area contributed by atoms with Crippen LogP contribution in [0.5, 0.6) is 5.75 Å². The first kappa shape index (κ1) is 7.60. The predicted octanol–water partition coefficient (Wildman–Crippen LogP) is 0.738. The first-order chi connectivity index (χ1) is 6.16. The lowest BCUT2D eigenvalue weighted by Crippen LogP contribution is -1.94. The van der Waals surface area contributed by atoms with Crippen molar-refractivity contribution in [1.29, 1.82) is 0 Å². The van der Waals surface area contributed by atoms with Gasteiger partial charge in [-0.15, -0.1) is 0 Å². The van der Waals surface area contributed by atoms with Gasteiger partial charge in [0.25, 0.3) is 0 Å². The van der Waals surface area contributed by atoms with Gasteiger partial charge in [0.15, 0.2) is 5.69 Å². The Labute approximate surface area is 72.9 Å². The number of aromatic carboxylic acids is 1. The summed E-state index contributed by atoms with van der Waals surface area (Å²) in [6.45, 7) is 0. The number of carboxylic acids is 1. The second kappa shape index (κ2) is 2.48. The van der Waals surface area contributed by atoms with Gasteiger partial charge < -0.3 is 14.6 Å². The number of fused-ring (bicyclic) bond motifs is 1. The minimum atomic E-state index is -1.08. The Morgan fingerprint density at radius 3 is 3.00 bits per heavy atom. The van der Waals surface area contributed by atoms with Gasteiger partial charge in [0.05, 0.1) is 0 Å². The van der Waals surface area contributed by atoms with E-state index in [1.54, 1.807) is 6.20 Å². The lowest BCUT2D eigenvalue weighted by atomic mass is 10.4. The quantitative estimate of drug-likeness (QED) is 0.675. The highest BCUT2D eigenvalue weighted by Crippen LogP contribution is 2.12. The molecule has 0 spiro atoms. The van der Waals surface area contributed by atoms with E-state index < -0.39 is 5.97 Å². The van der Waals surface area contributed by atoms with Crippen LogP contribution in [0, 0.1) is 0 Å². The number of nitrogens with zero attached hydrogens (tertiary/aromatic N) is 2. The maximum atomic E-state index is 10.5. The van der Waals surface area contributed by atoms with Crippen LogP contribution in [0.3, 0.4) is 0 Å². The van der Waals surface area contributed by atoms with Crippen molar-refractivity contribution < 1.29 is 15.0 Å². The Kier molecular flexibility index (Phi) is 1.45. The smallest absolute Gasteiger partial charge is 0.356 e. The third-order valence-corrected chi connectivity index (χ3v) is 1.66. The number of hydrogen-bond donors (Lipinski definition) is 2. The summed E-state index contributed by atoms with van der Waals surface area (Å²) in [6, 6.07) is 2.85. The van der Waals surface area contributed by atoms with Gasteiger partial charge in [0.1, 0.15) is 11.4 Å². The summed E-state index contributed by atoms with van der Waals surface area (Å²) in [4.78, 5) is 14.3. The number of aromatic hydroxyl groups is 1. The van der Waals surface area contributed by atoms with Gasteiger partial charge in [-0.25, -0.2) is 9.78 Å². The summed E-state index contributed by atoms with van der Waals surface area (Å²) in [7, 11) is 0. The molecule has 5 heteroatoms. The highest BCUT2D eigenvalue weighted by Gasteiger charge is 2.07. The van der Waals surface area contributed by atoms with Crippen LogP contribution in [-0.4, -0.2) is 25.6 Å². The van der Waals surface area contributed by atoms with E-state index in [-0.39, 0.29) is 11.4 Å². The molecule has 2 heterocycles. The van der Waals surface area contributed by atoms with Gasteiger partial charge in [0, 0.05) is 18.5 Å². The lowest BCUT2D eigenvalue weighted by molar-refractivity contribution is 0.0691. The van der Waals surface area contributed by atoms with Gasteiger partial charge in [-0.3, -0.25) is 0 Å². The number of rotatable bonds is 1. The average molecular weight is 178 g/mol. The van der Waals surface area contributed by atoms with Gasteiger partial charge >= 0.3 is 5.97 Å². The molecule has 2 aromatic rings. The summed E-state index contributed by atoms with van der Waals surface area (Å²) in [5.74, 6) is -1.02. The standard InChI is InChI=1S/C8H6N2O3/c11-5-1-2-10-4-6(8(12)13)9-7(10)3-5/h1-4,11H,(H,12,13). The van der Waals surface area contributed by atoms with Crippen LogP contribution < -0.4 is 0 Å². The van der Waals surface area contributed by atoms with E-state index in [9.17, 15) is 4.79 Å². The molecule has 0 bridgehead atoms. The van der Waals surface area contributed by atoms with E-state index in [1.165, 1.54) is 22.7 Å². The fourth-order valence-electron chi connectivity index (χ4n) is 1.07. The van der Waals surface area contributed by atoms with Gasteiger partial charge in [-0.05, 0) is 6.07 Å². The normalized spacial score (nSPS) is 10.5. The Morgan fingerprint density at radius 2 is 2.31 bits per heavy atom. The highest BCUT2D eigenvalue weighted by molar-refractivity contribution is 5.86. The summed E-state index contributed by atoms with van der Waals surface area (Å²) in [6.07, 6.45) is 2.93. The number of carboxylic acid groups (broad SMARTS) is 1. The molecular weight excluding hydrogens is 172 g/mol. The lowest BCUT2D eigenvalue weighted by Gasteiger charge is -1.91. The molecule has 0 aromatic carbocycles. The van der Waals surface area contributed by atoms with E-state index >= 15 is 0 Å². The van der Waals surface area contributed by atoms with Crippen molar-refractivity contribution >= 4 is 11.6 Å². The van der Waals surface area contributed by atoms with Crippen LogP contribution >= 0.6 is 0 Å². The number of hydrogen-bond acceptors (Lipinski definition) is 3. The van der Waals surface area contributed by atoms with Crippen LogP contribution in [0.25, 0.3) is 5.65 Å². The molecule has 0 aliphatic rings. The Bertz CT molecular complexity index is 475. The first-order valence-corrected chi connectivity index (χ1v) is 3.58. The highest BCUT2D eigenvalue weighted by atomic mass is 16.4. The van der Waals surface area contributed by atoms with Crippen molar-refractivity contribution in [3.05, 3.63) is 30.2 Å². The van der Waals surface area contributed by atoms with E-state index in [4.69, 9.17) is 10.2 Å². The van der Waals surface area contributed by atoms with Crippen molar-refractivity contribution in [3.8, 4) is 5.75 Å². The Morgan fingerprint density at radius 1 is 1.54 bits per heavy atom. The molecule has 0 aliphatic heterocycles. The maximum absolute atomic E-state index is 10.5. The maximum Gasteiger partial charge on any atom is 0.356 e. The van der Waals surface area contributed by atoms with Crippen LogP contribution in [0.15, 0.2) is 24.5 Å². The van der Waals surface area contributed by atoms with Crippen molar-refractivity contribution in [2.24, 2.45) is 0 Å². The molecule has 13 heavy (non-hydrogen) atoms. The topological polar surface area (TPSA) is 74.8 Å². The van der Waals surface area contributed by atoms with Crippen LogP contribution in [0.4, 0.5) is 0 Å². The van der Waals surface area contributed by atoms with Crippen molar-refractivity contribution in [1.82, 2.24) is 9.38 Å². The second-order valence-corrected chi connectivity index (χ2v) is 2.58. The van der Waals surface area contributed by atoms with E-state index in [1.807, 2.05) is 0 Å². The van der Waals surface area contributed by atoms with Crippen molar-refractivity contribution in [2.75, 3.05) is 0 Å². The molecule has 2 rings (SSSR count). The van der Waals surface area contributed by atoms with Crippen molar-refractivity contribution in [3.63, 3.8) is 0 Å².